The first-order valence-corrected chi connectivity index (χ1v) is 13.4. The number of anilines is 2. The molecule has 0 radical (unpaired) electrons. The molecule has 9 heteroatoms. The van der Waals surface area contributed by atoms with Gasteiger partial charge in [-0.25, -0.2) is 14.4 Å². The van der Waals surface area contributed by atoms with Crippen LogP contribution in [0.25, 0.3) is 10.2 Å². The lowest BCUT2D eigenvalue weighted by molar-refractivity contribution is -0.112. The van der Waals surface area contributed by atoms with Gasteiger partial charge in [0.1, 0.15) is 22.8 Å². The highest BCUT2D eigenvalue weighted by Crippen LogP contribution is 2.39. The second-order valence-electron chi connectivity index (χ2n) is 8.96. The van der Waals surface area contributed by atoms with Gasteiger partial charge in [-0.15, -0.1) is 11.3 Å². The Balaban J connectivity index is 0.000000226. The Kier molecular flexibility index (Phi) is 10.8. The van der Waals surface area contributed by atoms with Gasteiger partial charge in [-0.2, -0.15) is 0 Å². The third-order valence-electron chi connectivity index (χ3n) is 5.94. The summed E-state index contributed by atoms with van der Waals surface area (Å²) in [6.45, 7) is 8.27. The van der Waals surface area contributed by atoms with E-state index < -0.39 is 5.82 Å². The number of rotatable bonds is 9. The van der Waals surface area contributed by atoms with Crippen molar-refractivity contribution in [1.29, 1.82) is 0 Å². The van der Waals surface area contributed by atoms with Crippen LogP contribution in [0.15, 0.2) is 36.7 Å². The van der Waals surface area contributed by atoms with Gasteiger partial charge in [0, 0.05) is 36.8 Å². The smallest absolute Gasteiger partial charge is 0.152 e. The molecule has 0 amide bonds. The number of aryl methyl sites for hydroxylation is 2. The third-order valence-corrected chi connectivity index (χ3v) is 7.43. The second kappa shape index (κ2) is 13.8. The Bertz CT molecular complexity index is 1200. The van der Waals surface area contributed by atoms with E-state index in [0.717, 1.165) is 54.3 Å². The molecule has 0 unspecified atom stereocenters. The highest BCUT2D eigenvalue weighted by Gasteiger charge is 2.20. The minimum Gasteiger partial charge on any atom is -0.383 e. The van der Waals surface area contributed by atoms with Crippen LogP contribution in [0.3, 0.4) is 0 Å². The molecule has 2 aromatic heterocycles. The Morgan fingerprint density at radius 3 is 2.78 bits per heavy atom. The molecule has 0 bridgehead atoms. The molecule has 194 valence electrons. The number of fused-ring (bicyclic) bond motifs is 3. The number of benzene rings is 1. The van der Waals surface area contributed by atoms with Crippen molar-refractivity contribution in [2.45, 2.75) is 52.5 Å². The van der Waals surface area contributed by atoms with Crippen molar-refractivity contribution in [3.05, 3.63) is 58.0 Å². The van der Waals surface area contributed by atoms with Crippen molar-refractivity contribution >= 4 is 50.4 Å². The van der Waals surface area contributed by atoms with Crippen LogP contribution in [0.2, 0.25) is 5.02 Å². The molecule has 1 aliphatic rings. The zero-order valence-corrected chi connectivity index (χ0v) is 22.9. The molecule has 1 aliphatic carbocycles. The maximum atomic E-state index is 13.3. The van der Waals surface area contributed by atoms with Crippen molar-refractivity contribution in [3.8, 4) is 0 Å². The summed E-state index contributed by atoms with van der Waals surface area (Å²) < 4.78 is 18.3. The fourth-order valence-electron chi connectivity index (χ4n) is 4.02. The van der Waals surface area contributed by atoms with Crippen LogP contribution in [0.4, 0.5) is 15.9 Å². The Hall–Kier alpha value is -2.39. The summed E-state index contributed by atoms with van der Waals surface area (Å²) in [5, 5.41) is 4.45. The lowest BCUT2D eigenvalue weighted by atomic mass is 9.97. The number of allylic oxidation sites excluding steroid dienone is 1. The van der Waals surface area contributed by atoms with Crippen LogP contribution < -0.4 is 5.32 Å². The maximum Gasteiger partial charge on any atom is 0.152 e. The molecule has 2 heterocycles. The lowest BCUT2D eigenvalue weighted by Crippen LogP contribution is -2.33. The van der Waals surface area contributed by atoms with Crippen molar-refractivity contribution < 1.29 is 13.9 Å². The van der Waals surface area contributed by atoms with Gasteiger partial charge in [-0.05, 0) is 76.3 Å². The quantitative estimate of drug-likeness (QED) is 0.313. The third kappa shape index (κ3) is 7.80. The summed E-state index contributed by atoms with van der Waals surface area (Å²) in [7, 11) is 1.70. The van der Waals surface area contributed by atoms with E-state index in [0.29, 0.717) is 6.04 Å². The average molecular weight is 533 g/mol. The minimum atomic E-state index is -0.423. The number of ether oxygens (including phenoxy) is 1. The Morgan fingerprint density at radius 1 is 1.31 bits per heavy atom. The average Bonchev–Trinajstić information content (AvgIpc) is 3.23. The second-order valence-corrected chi connectivity index (χ2v) is 10.5. The molecule has 1 aromatic carbocycles. The van der Waals surface area contributed by atoms with Crippen molar-refractivity contribution in [1.82, 2.24) is 14.9 Å². The number of hydrogen-bond donors (Lipinski definition) is 1. The maximum absolute atomic E-state index is 13.3. The monoisotopic (exact) mass is 532 g/mol. The summed E-state index contributed by atoms with van der Waals surface area (Å²) in [5.41, 5.74) is 2.09. The van der Waals surface area contributed by atoms with Crippen molar-refractivity contribution in [2.24, 2.45) is 0 Å². The molecule has 0 saturated carbocycles. The number of hydrogen-bond acceptors (Lipinski definition) is 7. The molecule has 6 nitrogen and oxygen atoms in total. The van der Waals surface area contributed by atoms with Gasteiger partial charge in [0.15, 0.2) is 5.78 Å². The summed E-state index contributed by atoms with van der Waals surface area (Å²) in [5.74, 6) is 0.445. The number of nitrogens with one attached hydrogen (secondary N) is 1. The van der Waals surface area contributed by atoms with E-state index >= 15 is 0 Å². The first-order chi connectivity index (χ1) is 17.3. The predicted molar refractivity (Wildman–Crippen MR) is 147 cm³/mol. The number of carbonyl (C=O) groups excluding carboxylic acids is 1. The summed E-state index contributed by atoms with van der Waals surface area (Å²) in [4.78, 5) is 24.1. The summed E-state index contributed by atoms with van der Waals surface area (Å²) in [6.07, 6.45) is 9.72. The lowest BCUT2D eigenvalue weighted by Gasteiger charge is -2.24. The van der Waals surface area contributed by atoms with Gasteiger partial charge in [0.05, 0.1) is 17.0 Å². The Labute approximate surface area is 221 Å². The molecular weight excluding hydrogens is 499 g/mol. The first kappa shape index (κ1) is 28.2. The SMILES string of the molecule is COCCN(C/C=C/C(C)=O)C(C)C.Fc1ccc(Nc2ncnc3sc4c(c23)CCCC4)cc1Cl. The number of aromatic nitrogens is 2. The van der Waals surface area contributed by atoms with Gasteiger partial charge < -0.3 is 10.1 Å². The van der Waals surface area contributed by atoms with Gasteiger partial charge in [0.25, 0.3) is 0 Å². The van der Waals surface area contributed by atoms with Gasteiger partial charge in [-0.1, -0.05) is 17.7 Å². The zero-order chi connectivity index (χ0) is 26.1. The molecule has 0 spiro atoms. The minimum absolute atomic E-state index is 0.0976. The molecule has 1 N–H and O–H groups in total. The van der Waals surface area contributed by atoms with E-state index in [9.17, 15) is 9.18 Å². The van der Waals surface area contributed by atoms with Crippen LogP contribution in [-0.2, 0) is 22.4 Å². The number of carbonyl (C=O) groups is 1. The molecule has 0 atom stereocenters. The van der Waals surface area contributed by atoms with E-state index in [1.54, 1.807) is 49.9 Å². The molecule has 0 fully saturated rings. The van der Waals surface area contributed by atoms with Crippen LogP contribution in [0.1, 0.15) is 44.1 Å². The number of nitrogens with zero attached hydrogens (tertiary/aromatic N) is 3. The summed E-state index contributed by atoms with van der Waals surface area (Å²) >= 11 is 7.60. The highest BCUT2D eigenvalue weighted by atomic mass is 35.5. The molecule has 3 aromatic rings. The van der Waals surface area contributed by atoms with Crippen LogP contribution in [0, 0.1) is 5.82 Å². The van der Waals surface area contributed by atoms with Crippen LogP contribution >= 0.6 is 22.9 Å². The van der Waals surface area contributed by atoms with E-state index in [2.05, 4.69) is 34.0 Å². The molecule has 0 aliphatic heterocycles. The van der Waals surface area contributed by atoms with E-state index in [1.807, 2.05) is 6.08 Å². The van der Waals surface area contributed by atoms with Crippen LogP contribution in [0.5, 0.6) is 0 Å². The van der Waals surface area contributed by atoms with Gasteiger partial charge in [0.2, 0.25) is 0 Å². The molecule has 0 saturated heterocycles. The molecule has 4 rings (SSSR count). The normalized spacial score (nSPS) is 13.2. The van der Waals surface area contributed by atoms with Gasteiger partial charge >= 0.3 is 0 Å². The Morgan fingerprint density at radius 2 is 2.08 bits per heavy atom. The zero-order valence-electron chi connectivity index (χ0n) is 21.3. The largest absolute Gasteiger partial charge is 0.383 e. The number of thiophene rings is 1. The van der Waals surface area contributed by atoms with E-state index in [4.69, 9.17) is 16.3 Å². The molecule has 36 heavy (non-hydrogen) atoms. The number of methoxy groups -OCH3 is 1. The molecular formula is C27H34ClFN4O2S. The first-order valence-electron chi connectivity index (χ1n) is 12.2. The van der Waals surface area contributed by atoms with Crippen molar-refractivity contribution in [3.63, 3.8) is 0 Å². The number of ketones is 1. The topological polar surface area (TPSA) is 67.3 Å². The van der Waals surface area contributed by atoms with E-state index in [-0.39, 0.29) is 10.8 Å². The number of halogens is 2. The highest BCUT2D eigenvalue weighted by molar-refractivity contribution is 7.19. The fraction of sp³-hybridized carbons (Fsp3) is 0.444. The standard InChI is InChI=1S/C16H13ClFN3S.C11H21NO2/c17-11-7-9(5-6-12(11)18)21-15-14-10-3-1-2-4-13(10)22-16(14)20-8-19-15;1-10(2)12(8-9-14-4)7-5-6-11(3)13/h5-8H,1-4H2,(H,19,20,21);5-6,10H,7-9H2,1-4H3/b;6-5+. The van der Waals surface area contributed by atoms with Crippen LogP contribution in [-0.4, -0.2) is 53.5 Å². The van der Waals surface area contributed by atoms with Crippen molar-refractivity contribution in [2.75, 3.05) is 32.1 Å². The predicted octanol–water partition coefficient (Wildman–Crippen LogP) is 6.59. The fourth-order valence-corrected chi connectivity index (χ4v) is 5.43. The van der Waals surface area contributed by atoms with Gasteiger partial charge in [-0.3, -0.25) is 9.69 Å². The summed E-state index contributed by atoms with van der Waals surface area (Å²) in [6, 6.07) is 5.06. The van der Waals surface area contributed by atoms with E-state index in [1.165, 1.54) is 29.3 Å².